The van der Waals surface area contributed by atoms with Gasteiger partial charge in [-0.05, 0) is 26.3 Å². The molecule has 2 aromatic carbocycles. The second-order valence-electron chi connectivity index (χ2n) is 6.32. The molecule has 3 rings (SSSR count). The van der Waals surface area contributed by atoms with E-state index in [0.717, 1.165) is 35.1 Å². The fourth-order valence-corrected chi connectivity index (χ4v) is 3.80. The predicted octanol–water partition coefficient (Wildman–Crippen LogP) is 5.03. The molecule has 1 atom stereocenters. The Bertz CT molecular complexity index is 889. The number of carbonyl (C=O) groups excluding carboxylic acids is 1. The van der Waals surface area contributed by atoms with Gasteiger partial charge in [0.05, 0.1) is 5.25 Å². The van der Waals surface area contributed by atoms with E-state index in [2.05, 4.69) is 46.8 Å². The molecule has 0 saturated carbocycles. The zero-order valence-electron chi connectivity index (χ0n) is 15.3. The zero-order valence-corrected chi connectivity index (χ0v) is 16.2. The van der Waals surface area contributed by atoms with Crippen LogP contribution in [0.2, 0.25) is 0 Å². The Morgan fingerprint density at radius 1 is 1.12 bits per heavy atom. The van der Waals surface area contributed by atoms with Gasteiger partial charge in [-0.25, -0.2) is 0 Å². The van der Waals surface area contributed by atoms with Crippen molar-refractivity contribution in [2.45, 2.75) is 44.1 Å². The third kappa shape index (κ3) is 4.05. The molecule has 134 valence electrons. The maximum Gasteiger partial charge on any atom is 0.192 e. The number of benzene rings is 2. The van der Waals surface area contributed by atoms with Gasteiger partial charge in [0.1, 0.15) is 0 Å². The summed E-state index contributed by atoms with van der Waals surface area (Å²) in [4.78, 5) is 12.7. The van der Waals surface area contributed by atoms with Crippen LogP contribution in [0.25, 0.3) is 11.4 Å². The summed E-state index contributed by atoms with van der Waals surface area (Å²) >= 11 is 1.47. The number of Topliss-reactive ketones (excluding diaryl/α,β-unsaturated/α-hetero) is 1. The molecule has 0 saturated heterocycles. The Morgan fingerprint density at radius 2 is 1.88 bits per heavy atom. The number of aromatic nitrogens is 3. The first-order valence-corrected chi connectivity index (χ1v) is 9.74. The summed E-state index contributed by atoms with van der Waals surface area (Å²) < 4.78 is 2.12. The van der Waals surface area contributed by atoms with E-state index in [1.54, 1.807) is 0 Å². The minimum absolute atomic E-state index is 0.110. The molecule has 0 aliphatic heterocycles. The lowest BCUT2D eigenvalue weighted by atomic mass is 10.1. The van der Waals surface area contributed by atoms with Crippen LogP contribution in [0.5, 0.6) is 0 Å². The van der Waals surface area contributed by atoms with Gasteiger partial charge in [0, 0.05) is 17.7 Å². The smallest absolute Gasteiger partial charge is 0.192 e. The Labute approximate surface area is 158 Å². The van der Waals surface area contributed by atoms with E-state index in [0.29, 0.717) is 0 Å². The minimum atomic E-state index is -0.220. The fourth-order valence-electron chi connectivity index (χ4n) is 2.85. The Hall–Kier alpha value is -2.40. The van der Waals surface area contributed by atoms with Crippen molar-refractivity contribution in [3.8, 4) is 11.4 Å². The van der Waals surface area contributed by atoms with Crippen LogP contribution in [0.15, 0.2) is 59.8 Å². The fraction of sp³-hybridized carbons (Fsp3) is 0.286. The molecule has 0 bridgehead atoms. The summed E-state index contributed by atoms with van der Waals surface area (Å²) in [5.41, 5.74) is 2.98. The van der Waals surface area contributed by atoms with Gasteiger partial charge < -0.3 is 4.57 Å². The highest BCUT2D eigenvalue weighted by molar-refractivity contribution is 8.00. The molecule has 1 unspecified atom stereocenters. The second-order valence-corrected chi connectivity index (χ2v) is 7.63. The van der Waals surface area contributed by atoms with Gasteiger partial charge in [0.25, 0.3) is 0 Å². The number of thioether (sulfide) groups is 1. The Morgan fingerprint density at radius 3 is 2.58 bits per heavy atom. The summed E-state index contributed by atoms with van der Waals surface area (Å²) in [5.74, 6) is 0.969. The Balaban J connectivity index is 1.87. The van der Waals surface area contributed by atoms with Gasteiger partial charge in [-0.15, -0.1) is 10.2 Å². The van der Waals surface area contributed by atoms with Crippen LogP contribution in [0.3, 0.4) is 0 Å². The molecular formula is C21H23N3OS. The van der Waals surface area contributed by atoms with E-state index in [1.165, 1.54) is 17.3 Å². The average molecular weight is 366 g/mol. The normalized spacial score (nSPS) is 12.1. The van der Waals surface area contributed by atoms with E-state index in [4.69, 9.17) is 0 Å². The quantitative estimate of drug-likeness (QED) is 0.435. The van der Waals surface area contributed by atoms with E-state index >= 15 is 0 Å². The van der Waals surface area contributed by atoms with Crippen LogP contribution < -0.4 is 0 Å². The highest BCUT2D eigenvalue weighted by atomic mass is 32.2. The summed E-state index contributed by atoms with van der Waals surface area (Å²) in [7, 11) is 0. The third-order valence-electron chi connectivity index (χ3n) is 4.15. The molecule has 0 aliphatic rings. The van der Waals surface area contributed by atoms with Crippen molar-refractivity contribution in [1.29, 1.82) is 0 Å². The van der Waals surface area contributed by atoms with E-state index in [-0.39, 0.29) is 11.0 Å². The average Bonchev–Trinajstić information content (AvgIpc) is 3.04. The highest BCUT2D eigenvalue weighted by Crippen LogP contribution is 2.29. The first-order valence-electron chi connectivity index (χ1n) is 8.86. The molecule has 0 radical (unpaired) electrons. The summed E-state index contributed by atoms with van der Waals surface area (Å²) in [6, 6.07) is 17.7. The number of rotatable bonds is 7. The molecule has 3 aromatic rings. The van der Waals surface area contributed by atoms with Crippen molar-refractivity contribution in [1.82, 2.24) is 14.8 Å². The largest absolute Gasteiger partial charge is 0.302 e. The number of hydrogen-bond acceptors (Lipinski definition) is 4. The number of hydrogen-bond donors (Lipinski definition) is 0. The van der Waals surface area contributed by atoms with Gasteiger partial charge in [-0.1, -0.05) is 72.8 Å². The molecule has 1 heterocycles. The molecule has 1 aromatic heterocycles. The summed E-state index contributed by atoms with van der Waals surface area (Å²) in [5, 5.41) is 9.36. The number of nitrogens with zero attached hydrogens (tertiary/aromatic N) is 3. The predicted molar refractivity (Wildman–Crippen MR) is 107 cm³/mol. The van der Waals surface area contributed by atoms with Crippen molar-refractivity contribution < 1.29 is 4.79 Å². The topological polar surface area (TPSA) is 47.8 Å². The SMILES string of the molecule is CCCn1c(SC(C)C(=O)c2ccccc2)nnc1-c1cccc(C)c1. The summed E-state index contributed by atoms with van der Waals surface area (Å²) in [6.07, 6.45) is 0.978. The van der Waals surface area contributed by atoms with Crippen molar-refractivity contribution in [3.05, 3.63) is 65.7 Å². The van der Waals surface area contributed by atoms with Crippen LogP contribution in [0, 0.1) is 6.92 Å². The summed E-state index contributed by atoms with van der Waals surface area (Å²) in [6.45, 7) is 6.95. The van der Waals surface area contributed by atoms with E-state index in [1.807, 2.05) is 43.3 Å². The lowest BCUT2D eigenvalue weighted by molar-refractivity contribution is 0.0994. The van der Waals surface area contributed by atoms with E-state index in [9.17, 15) is 4.79 Å². The van der Waals surface area contributed by atoms with Gasteiger partial charge >= 0.3 is 0 Å². The standard InChI is InChI=1S/C21H23N3OS/c1-4-13-24-20(18-12-8-9-15(2)14-18)22-23-21(24)26-16(3)19(25)17-10-6-5-7-11-17/h5-12,14,16H,4,13H2,1-3H3. The molecular weight excluding hydrogens is 342 g/mol. The first kappa shape index (κ1) is 18.4. The van der Waals surface area contributed by atoms with Gasteiger partial charge in [-0.3, -0.25) is 4.79 Å². The van der Waals surface area contributed by atoms with Crippen molar-refractivity contribution in [2.24, 2.45) is 0 Å². The lowest BCUT2D eigenvalue weighted by Gasteiger charge is -2.12. The number of aryl methyl sites for hydroxylation is 1. The van der Waals surface area contributed by atoms with Crippen LogP contribution >= 0.6 is 11.8 Å². The second kappa shape index (κ2) is 8.32. The number of ketones is 1. The van der Waals surface area contributed by atoms with E-state index < -0.39 is 0 Å². The van der Waals surface area contributed by atoms with Crippen LogP contribution in [0.4, 0.5) is 0 Å². The molecule has 26 heavy (non-hydrogen) atoms. The monoisotopic (exact) mass is 365 g/mol. The molecule has 4 nitrogen and oxygen atoms in total. The highest BCUT2D eigenvalue weighted by Gasteiger charge is 2.21. The first-order chi connectivity index (χ1) is 12.6. The Kier molecular flexibility index (Phi) is 5.89. The van der Waals surface area contributed by atoms with Gasteiger partial charge in [0.2, 0.25) is 0 Å². The molecule has 0 aliphatic carbocycles. The van der Waals surface area contributed by atoms with Crippen molar-refractivity contribution >= 4 is 17.5 Å². The molecule has 5 heteroatoms. The minimum Gasteiger partial charge on any atom is -0.302 e. The maximum atomic E-state index is 12.7. The molecule has 0 N–H and O–H groups in total. The maximum absolute atomic E-state index is 12.7. The van der Waals surface area contributed by atoms with Gasteiger partial charge in [0.15, 0.2) is 16.8 Å². The van der Waals surface area contributed by atoms with Crippen LogP contribution in [0.1, 0.15) is 36.2 Å². The molecule has 0 spiro atoms. The zero-order chi connectivity index (χ0) is 18.5. The lowest BCUT2D eigenvalue weighted by Crippen LogP contribution is -2.14. The third-order valence-corrected chi connectivity index (χ3v) is 5.23. The number of carbonyl (C=O) groups is 1. The van der Waals surface area contributed by atoms with Gasteiger partial charge in [-0.2, -0.15) is 0 Å². The van der Waals surface area contributed by atoms with Crippen LogP contribution in [-0.4, -0.2) is 25.8 Å². The van der Waals surface area contributed by atoms with Crippen molar-refractivity contribution in [3.63, 3.8) is 0 Å². The van der Waals surface area contributed by atoms with Crippen molar-refractivity contribution in [2.75, 3.05) is 0 Å². The molecule has 0 amide bonds. The molecule has 0 fully saturated rings. The van der Waals surface area contributed by atoms with Crippen LogP contribution in [-0.2, 0) is 6.54 Å².